The molecule has 1 aliphatic heterocycles. The zero-order valence-electron chi connectivity index (χ0n) is 20.2. The highest BCUT2D eigenvalue weighted by atomic mass is 16.5. The number of rotatable bonds is 6. The van der Waals surface area contributed by atoms with Crippen LogP contribution in [0.5, 0.6) is 0 Å². The smallest absolute Gasteiger partial charge is 0.336 e. The Balaban J connectivity index is 1.74. The maximum Gasteiger partial charge on any atom is 0.336 e. The maximum atomic E-state index is 13.5. The van der Waals surface area contributed by atoms with E-state index in [1.54, 1.807) is 24.0 Å². The number of ether oxygens (including phenoxy) is 1. The number of benzene rings is 3. The molecule has 0 radical (unpaired) electrons. The minimum Gasteiger partial charge on any atom is -0.457 e. The van der Waals surface area contributed by atoms with E-state index >= 15 is 0 Å². The first kappa shape index (κ1) is 24.0. The van der Waals surface area contributed by atoms with Gasteiger partial charge in [0.1, 0.15) is 6.61 Å². The number of hydrogen-bond acceptors (Lipinski definition) is 4. The molecule has 3 aromatic carbocycles. The molecule has 4 rings (SSSR count). The second-order valence-corrected chi connectivity index (χ2v) is 8.93. The van der Waals surface area contributed by atoms with Gasteiger partial charge in [-0.3, -0.25) is 4.79 Å². The Morgan fingerprint density at radius 1 is 1.03 bits per heavy atom. The van der Waals surface area contributed by atoms with E-state index < -0.39 is 11.9 Å². The van der Waals surface area contributed by atoms with Crippen molar-refractivity contribution in [2.75, 3.05) is 0 Å². The average molecular weight is 465 g/mol. The Bertz CT molecular complexity index is 1340. The van der Waals surface area contributed by atoms with E-state index in [4.69, 9.17) is 4.74 Å². The van der Waals surface area contributed by atoms with Crippen molar-refractivity contribution in [1.82, 2.24) is 4.90 Å². The summed E-state index contributed by atoms with van der Waals surface area (Å²) in [4.78, 5) is 28.5. The summed E-state index contributed by atoms with van der Waals surface area (Å²) in [5, 5.41) is 9.51. The number of hydrogen-bond donors (Lipinski definition) is 0. The highest BCUT2D eigenvalue weighted by Crippen LogP contribution is 2.39. The van der Waals surface area contributed by atoms with Gasteiger partial charge in [-0.25, -0.2) is 4.79 Å². The predicted octanol–water partition coefficient (Wildman–Crippen LogP) is 5.71. The highest BCUT2D eigenvalue weighted by Gasteiger charge is 2.37. The lowest BCUT2D eigenvalue weighted by molar-refractivity contribution is -0.141. The lowest BCUT2D eigenvalue weighted by Gasteiger charge is -2.35. The van der Waals surface area contributed by atoms with E-state index in [0.717, 1.165) is 27.8 Å². The number of nitriles is 1. The maximum absolute atomic E-state index is 13.5. The molecule has 1 heterocycles. The summed E-state index contributed by atoms with van der Waals surface area (Å²) >= 11 is 0. The number of amides is 1. The minimum absolute atomic E-state index is 0.0826. The molecule has 0 N–H and O–H groups in total. The highest BCUT2D eigenvalue weighted by molar-refractivity contribution is 5.96. The molecule has 0 aromatic heterocycles. The summed E-state index contributed by atoms with van der Waals surface area (Å²) in [6.45, 7) is 6.17. The van der Waals surface area contributed by atoms with E-state index in [1.165, 1.54) is 0 Å². The van der Waals surface area contributed by atoms with Crippen LogP contribution in [0.2, 0.25) is 0 Å². The normalized spacial score (nSPS) is 15.7. The lowest BCUT2D eigenvalue weighted by Crippen LogP contribution is -2.38. The van der Waals surface area contributed by atoms with Crippen molar-refractivity contribution in [3.63, 3.8) is 0 Å². The number of carbonyl (C=O) groups is 2. The second kappa shape index (κ2) is 10.4. The first-order valence-corrected chi connectivity index (χ1v) is 11.7. The standard InChI is InChI=1S/C30H28N2O3/c1-20-13-14-21(2)26(15-20)27-16-28(33)32(18-25-12-8-7-11-24(25)17-31)22(3)29(27)30(34)35-19-23-9-5-4-6-10-23/h4-15,27H,16,18-19H2,1-3H3. The molecule has 5 nitrogen and oxygen atoms in total. The molecule has 0 saturated heterocycles. The van der Waals surface area contributed by atoms with E-state index in [9.17, 15) is 14.9 Å². The molecule has 0 saturated carbocycles. The Labute approximate surface area is 206 Å². The van der Waals surface area contributed by atoms with Gasteiger partial charge in [-0.1, -0.05) is 72.3 Å². The molecule has 1 atom stereocenters. The van der Waals surface area contributed by atoms with Crippen LogP contribution in [0.15, 0.2) is 84.1 Å². The lowest BCUT2D eigenvalue weighted by atomic mass is 9.81. The van der Waals surface area contributed by atoms with Gasteiger partial charge in [-0.2, -0.15) is 5.26 Å². The van der Waals surface area contributed by atoms with Crippen LogP contribution in [-0.4, -0.2) is 16.8 Å². The molecular formula is C30H28N2O3. The van der Waals surface area contributed by atoms with E-state index in [2.05, 4.69) is 6.07 Å². The fraction of sp³-hybridized carbons (Fsp3) is 0.233. The van der Waals surface area contributed by atoms with Crippen LogP contribution >= 0.6 is 0 Å². The van der Waals surface area contributed by atoms with E-state index in [1.807, 2.05) is 74.5 Å². The van der Waals surface area contributed by atoms with Crippen LogP contribution in [0, 0.1) is 25.2 Å². The van der Waals surface area contributed by atoms with Crippen LogP contribution in [0.1, 0.15) is 52.6 Å². The van der Waals surface area contributed by atoms with Crippen molar-refractivity contribution < 1.29 is 14.3 Å². The number of carbonyl (C=O) groups excluding carboxylic acids is 2. The first-order chi connectivity index (χ1) is 16.9. The van der Waals surface area contributed by atoms with Gasteiger partial charge in [0.2, 0.25) is 5.91 Å². The molecule has 1 amide bonds. The van der Waals surface area contributed by atoms with Crippen molar-refractivity contribution >= 4 is 11.9 Å². The molecule has 176 valence electrons. The number of aryl methyl sites for hydroxylation is 2. The van der Waals surface area contributed by atoms with Crippen molar-refractivity contribution in [2.45, 2.75) is 46.3 Å². The van der Waals surface area contributed by atoms with Crippen molar-refractivity contribution in [1.29, 1.82) is 5.26 Å². The molecule has 3 aromatic rings. The van der Waals surface area contributed by atoms with Crippen LogP contribution in [-0.2, 0) is 27.5 Å². The molecule has 1 aliphatic rings. The van der Waals surface area contributed by atoms with Crippen LogP contribution < -0.4 is 0 Å². The summed E-state index contributed by atoms with van der Waals surface area (Å²) in [6.07, 6.45) is 0.159. The van der Waals surface area contributed by atoms with E-state index in [-0.39, 0.29) is 25.5 Å². The summed E-state index contributed by atoms with van der Waals surface area (Å²) in [7, 11) is 0. The zero-order valence-corrected chi connectivity index (χ0v) is 20.2. The quantitative estimate of drug-likeness (QED) is 0.438. The minimum atomic E-state index is -0.427. The molecular weight excluding hydrogens is 436 g/mol. The summed E-state index contributed by atoms with van der Waals surface area (Å²) in [5.74, 6) is -0.905. The fourth-order valence-electron chi connectivity index (χ4n) is 4.61. The van der Waals surface area contributed by atoms with Crippen molar-refractivity contribution in [3.8, 4) is 6.07 Å². The Hall–Kier alpha value is -4.17. The largest absolute Gasteiger partial charge is 0.457 e. The third kappa shape index (κ3) is 5.17. The predicted molar refractivity (Wildman–Crippen MR) is 134 cm³/mol. The average Bonchev–Trinajstić information content (AvgIpc) is 2.87. The Morgan fingerprint density at radius 2 is 1.74 bits per heavy atom. The van der Waals surface area contributed by atoms with Crippen molar-refractivity contribution in [3.05, 3.63) is 117 Å². The molecule has 1 unspecified atom stereocenters. The first-order valence-electron chi connectivity index (χ1n) is 11.7. The van der Waals surface area contributed by atoms with Crippen LogP contribution in [0.3, 0.4) is 0 Å². The second-order valence-electron chi connectivity index (χ2n) is 8.93. The van der Waals surface area contributed by atoms with Crippen LogP contribution in [0.4, 0.5) is 0 Å². The zero-order chi connectivity index (χ0) is 24.9. The van der Waals surface area contributed by atoms with Crippen LogP contribution in [0.25, 0.3) is 0 Å². The molecule has 0 spiro atoms. The van der Waals surface area contributed by atoms with Gasteiger partial charge < -0.3 is 9.64 Å². The summed E-state index contributed by atoms with van der Waals surface area (Å²) in [6, 6.07) is 25.0. The summed E-state index contributed by atoms with van der Waals surface area (Å²) in [5.41, 5.74) is 6.26. The van der Waals surface area contributed by atoms with Crippen molar-refractivity contribution in [2.24, 2.45) is 0 Å². The van der Waals surface area contributed by atoms with Gasteiger partial charge in [0, 0.05) is 18.0 Å². The topological polar surface area (TPSA) is 70.4 Å². The third-order valence-corrected chi connectivity index (χ3v) is 6.53. The van der Waals surface area contributed by atoms with E-state index in [0.29, 0.717) is 16.8 Å². The molecule has 0 aliphatic carbocycles. The van der Waals surface area contributed by atoms with Gasteiger partial charge in [0.05, 0.1) is 23.8 Å². The van der Waals surface area contributed by atoms with Gasteiger partial charge in [-0.05, 0) is 49.1 Å². The Kier molecular flexibility index (Phi) is 7.12. The number of nitrogens with zero attached hydrogens (tertiary/aromatic N) is 2. The Morgan fingerprint density at radius 3 is 2.49 bits per heavy atom. The monoisotopic (exact) mass is 464 g/mol. The van der Waals surface area contributed by atoms with Gasteiger partial charge in [0.15, 0.2) is 0 Å². The number of allylic oxidation sites excluding steroid dienone is 1. The fourth-order valence-corrected chi connectivity index (χ4v) is 4.61. The molecule has 35 heavy (non-hydrogen) atoms. The SMILES string of the molecule is CC1=C(C(=O)OCc2ccccc2)C(c2cc(C)ccc2C)CC(=O)N1Cc1ccccc1C#N. The number of esters is 1. The molecule has 5 heteroatoms. The summed E-state index contributed by atoms with van der Waals surface area (Å²) < 4.78 is 5.75. The molecule has 0 bridgehead atoms. The molecule has 0 fully saturated rings. The van der Waals surface area contributed by atoms with Gasteiger partial charge >= 0.3 is 5.97 Å². The van der Waals surface area contributed by atoms with Gasteiger partial charge in [-0.15, -0.1) is 0 Å². The third-order valence-electron chi connectivity index (χ3n) is 6.53. The van der Waals surface area contributed by atoms with Gasteiger partial charge in [0.25, 0.3) is 0 Å².